The van der Waals surface area contributed by atoms with Gasteiger partial charge in [-0.25, -0.2) is 0 Å². The minimum atomic E-state index is -0.0571. The van der Waals surface area contributed by atoms with E-state index >= 15 is 0 Å². The standard InChI is InChI=1S/C39H47ClN4O2S/c1-27-9-10-28(2)32(23-27)26-44-34-7-4-5-8-36(34)47-37(39(44)46)24-30-12-14-31(15-13-30)38(45)41-17-6-18-42-19-21-43(22-20-42)35-25-33(40)16-11-29(35)3/h9-16,23-25,34,36H,4-8,17-22,26H2,1-3H3,(H,41,45)/b37-24-. The van der Waals surface area contributed by atoms with Gasteiger partial charge in [-0.05, 0) is 99.2 Å². The number of piperazine rings is 1. The Hall–Kier alpha value is -3.26. The van der Waals surface area contributed by atoms with Crippen LogP contribution in [0, 0.1) is 20.8 Å². The van der Waals surface area contributed by atoms with E-state index in [0.717, 1.165) is 67.5 Å². The molecule has 6 rings (SSSR count). The van der Waals surface area contributed by atoms with Gasteiger partial charge in [-0.15, -0.1) is 11.8 Å². The molecule has 1 N–H and O–H groups in total. The van der Waals surface area contributed by atoms with Crippen molar-refractivity contribution in [2.45, 2.75) is 70.7 Å². The Bertz CT molecular complexity index is 1620. The number of carbonyl (C=O) groups excluding carboxylic acids is 2. The SMILES string of the molecule is Cc1ccc(C)c(CN2C(=O)/C(=C/c3ccc(C(=O)NCCCN4CCN(c5cc(Cl)ccc5C)CC4)cc3)SC3CCCCC32)c1. The normalized spacial score (nSPS) is 21.2. The number of aryl methyl sites for hydroxylation is 3. The van der Waals surface area contributed by atoms with Crippen LogP contribution in [0.4, 0.5) is 5.69 Å². The third-order valence-corrected chi connectivity index (χ3v) is 11.6. The van der Waals surface area contributed by atoms with Crippen molar-refractivity contribution >= 4 is 46.9 Å². The van der Waals surface area contributed by atoms with Gasteiger partial charge in [0.15, 0.2) is 0 Å². The third-order valence-electron chi connectivity index (χ3n) is 9.95. The summed E-state index contributed by atoms with van der Waals surface area (Å²) >= 11 is 7.99. The fraction of sp³-hybridized carbons (Fsp3) is 0.436. The molecule has 3 aliphatic rings. The number of carbonyl (C=O) groups is 2. The Labute approximate surface area is 289 Å². The lowest BCUT2D eigenvalue weighted by atomic mass is 9.92. The van der Waals surface area contributed by atoms with Crippen molar-refractivity contribution in [2.24, 2.45) is 0 Å². The molecular formula is C39H47ClN4O2S. The monoisotopic (exact) mass is 670 g/mol. The number of rotatable bonds is 9. The van der Waals surface area contributed by atoms with Crippen molar-refractivity contribution in [3.05, 3.63) is 104 Å². The molecule has 0 spiro atoms. The first-order chi connectivity index (χ1) is 22.7. The van der Waals surface area contributed by atoms with E-state index in [2.05, 4.69) is 71.1 Å². The Morgan fingerprint density at radius 1 is 0.936 bits per heavy atom. The highest BCUT2D eigenvalue weighted by atomic mass is 35.5. The van der Waals surface area contributed by atoms with Gasteiger partial charge in [0.25, 0.3) is 11.8 Å². The lowest BCUT2D eigenvalue weighted by Gasteiger charge is -2.44. The summed E-state index contributed by atoms with van der Waals surface area (Å²) in [6, 6.07) is 20.5. The zero-order chi connectivity index (χ0) is 32.9. The molecule has 2 aliphatic heterocycles. The highest BCUT2D eigenvalue weighted by Gasteiger charge is 2.40. The van der Waals surface area contributed by atoms with Crippen LogP contribution in [0.3, 0.4) is 0 Å². The van der Waals surface area contributed by atoms with Gasteiger partial charge >= 0.3 is 0 Å². The molecule has 6 nitrogen and oxygen atoms in total. The first kappa shape index (κ1) is 33.6. The van der Waals surface area contributed by atoms with Crippen molar-refractivity contribution in [3.63, 3.8) is 0 Å². The first-order valence-corrected chi connectivity index (χ1v) is 18.4. The maximum Gasteiger partial charge on any atom is 0.260 e. The van der Waals surface area contributed by atoms with E-state index in [1.165, 1.54) is 40.8 Å². The van der Waals surface area contributed by atoms with E-state index in [1.807, 2.05) is 36.4 Å². The number of anilines is 1. The van der Waals surface area contributed by atoms with Crippen molar-refractivity contribution in [2.75, 3.05) is 44.2 Å². The number of nitrogens with one attached hydrogen (secondary N) is 1. The number of halogens is 1. The number of amides is 2. The van der Waals surface area contributed by atoms with Gasteiger partial charge in [0.1, 0.15) is 0 Å². The molecule has 2 saturated heterocycles. The molecule has 3 fully saturated rings. The summed E-state index contributed by atoms with van der Waals surface area (Å²) in [6.07, 6.45) is 7.54. The summed E-state index contributed by atoms with van der Waals surface area (Å²) < 4.78 is 0. The molecule has 0 radical (unpaired) electrons. The fourth-order valence-corrected chi connectivity index (χ4v) is 8.78. The Kier molecular flexibility index (Phi) is 11.0. The number of hydrogen-bond donors (Lipinski definition) is 1. The number of fused-ring (bicyclic) bond motifs is 1. The van der Waals surface area contributed by atoms with Crippen molar-refractivity contribution < 1.29 is 9.59 Å². The summed E-state index contributed by atoms with van der Waals surface area (Å²) in [7, 11) is 0. The van der Waals surface area contributed by atoms with E-state index in [9.17, 15) is 9.59 Å². The third kappa shape index (κ3) is 8.25. The fourth-order valence-electron chi connectivity index (χ4n) is 7.14. The second-order valence-electron chi connectivity index (χ2n) is 13.4. The Morgan fingerprint density at radius 3 is 2.47 bits per heavy atom. The van der Waals surface area contributed by atoms with Crippen LogP contribution in [0.25, 0.3) is 6.08 Å². The van der Waals surface area contributed by atoms with E-state index in [1.54, 1.807) is 11.8 Å². The minimum absolute atomic E-state index is 0.0571. The van der Waals surface area contributed by atoms with E-state index in [-0.39, 0.29) is 17.9 Å². The predicted octanol–water partition coefficient (Wildman–Crippen LogP) is 7.64. The van der Waals surface area contributed by atoms with Crippen LogP contribution in [0.2, 0.25) is 5.02 Å². The van der Waals surface area contributed by atoms with Gasteiger partial charge < -0.3 is 15.1 Å². The topological polar surface area (TPSA) is 55.9 Å². The second kappa shape index (κ2) is 15.3. The maximum absolute atomic E-state index is 13.9. The maximum atomic E-state index is 13.9. The molecular weight excluding hydrogens is 624 g/mol. The molecule has 2 amide bonds. The van der Waals surface area contributed by atoms with Crippen LogP contribution in [0.1, 0.15) is 70.3 Å². The van der Waals surface area contributed by atoms with Crippen LogP contribution in [-0.4, -0.2) is 72.2 Å². The van der Waals surface area contributed by atoms with Gasteiger partial charge in [-0.1, -0.05) is 66.4 Å². The van der Waals surface area contributed by atoms with Crippen LogP contribution in [0.5, 0.6) is 0 Å². The average molecular weight is 671 g/mol. The van der Waals surface area contributed by atoms with E-state index < -0.39 is 0 Å². The minimum Gasteiger partial charge on any atom is -0.369 e. The smallest absolute Gasteiger partial charge is 0.260 e. The largest absolute Gasteiger partial charge is 0.369 e. The molecule has 248 valence electrons. The Morgan fingerprint density at radius 2 is 1.68 bits per heavy atom. The molecule has 3 aromatic rings. The van der Waals surface area contributed by atoms with Crippen molar-refractivity contribution in [1.82, 2.24) is 15.1 Å². The highest BCUT2D eigenvalue weighted by Crippen LogP contribution is 2.43. The quantitative estimate of drug-likeness (QED) is 0.187. The molecule has 8 heteroatoms. The van der Waals surface area contributed by atoms with Crippen LogP contribution < -0.4 is 10.2 Å². The summed E-state index contributed by atoms with van der Waals surface area (Å²) in [5.74, 6) is 0.0696. The molecule has 2 unspecified atom stereocenters. The molecule has 1 aliphatic carbocycles. The van der Waals surface area contributed by atoms with Crippen LogP contribution in [-0.2, 0) is 11.3 Å². The van der Waals surface area contributed by atoms with Crippen LogP contribution in [0.15, 0.2) is 65.6 Å². The number of thioether (sulfide) groups is 1. The zero-order valence-electron chi connectivity index (χ0n) is 27.9. The van der Waals surface area contributed by atoms with Crippen molar-refractivity contribution in [3.8, 4) is 0 Å². The lowest BCUT2D eigenvalue weighted by Crippen LogP contribution is -2.50. The molecule has 2 atom stereocenters. The van der Waals surface area contributed by atoms with Crippen molar-refractivity contribution in [1.29, 1.82) is 0 Å². The summed E-state index contributed by atoms with van der Waals surface area (Å²) in [6.45, 7) is 12.6. The van der Waals surface area contributed by atoms with Gasteiger partial charge in [-0.2, -0.15) is 0 Å². The zero-order valence-corrected chi connectivity index (χ0v) is 29.5. The second-order valence-corrected chi connectivity index (χ2v) is 15.1. The highest BCUT2D eigenvalue weighted by molar-refractivity contribution is 8.04. The molecule has 1 saturated carbocycles. The summed E-state index contributed by atoms with van der Waals surface area (Å²) in [4.78, 5) is 34.6. The molecule has 0 bridgehead atoms. The molecule has 2 heterocycles. The van der Waals surface area contributed by atoms with Gasteiger partial charge in [-0.3, -0.25) is 14.5 Å². The van der Waals surface area contributed by atoms with Gasteiger partial charge in [0.05, 0.1) is 4.91 Å². The average Bonchev–Trinajstić information content (AvgIpc) is 3.08. The molecule has 0 aromatic heterocycles. The van der Waals surface area contributed by atoms with Crippen LogP contribution >= 0.6 is 23.4 Å². The summed E-state index contributed by atoms with van der Waals surface area (Å²) in [5, 5.41) is 4.30. The summed E-state index contributed by atoms with van der Waals surface area (Å²) in [5.41, 5.74) is 7.76. The van der Waals surface area contributed by atoms with Gasteiger partial charge in [0.2, 0.25) is 0 Å². The predicted molar refractivity (Wildman–Crippen MR) is 196 cm³/mol. The van der Waals surface area contributed by atoms with E-state index in [4.69, 9.17) is 11.6 Å². The first-order valence-electron chi connectivity index (χ1n) is 17.1. The number of nitrogens with zero attached hydrogens (tertiary/aromatic N) is 3. The number of hydrogen-bond acceptors (Lipinski definition) is 5. The van der Waals surface area contributed by atoms with Gasteiger partial charge in [0, 0.05) is 66.8 Å². The Balaban J connectivity index is 1.00. The molecule has 47 heavy (non-hydrogen) atoms. The molecule has 3 aromatic carbocycles. The lowest BCUT2D eigenvalue weighted by molar-refractivity contribution is -0.130. The number of benzene rings is 3. The van der Waals surface area contributed by atoms with E-state index in [0.29, 0.717) is 23.9 Å².